The first kappa shape index (κ1) is 14.8. The van der Waals surface area contributed by atoms with E-state index in [9.17, 15) is 0 Å². The molecular weight excluding hydrogens is 288 g/mol. The van der Waals surface area contributed by atoms with Gasteiger partial charge < -0.3 is 0 Å². The third kappa shape index (κ3) is 2.11. The fourth-order valence-corrected chi connectivity index (χ4v) is 6.56. The van der Waals surface area contributed by atoms with Crippen LogP contribution in [0, 0.1) is 29.1 Å². The molecule has 1 aromatic rings. The molecule has 2 saturated carbocycles. The lowest BCUT2D eigenvalue weighted by atomic mass is 9.53. The van der Waals surface area contributed by atoms with Crippen LogP contribution in [0.1, 0.15) is 51.0 Å². The summed E-state index contributed by atoms with van der Waals surface area (Å²) in [5.74, 6) is 3.38. The summed E-state index contributed by atoms with van der Waals surface area (Å²) < 4.78 is 0. The van der Waals surface area contributed by atoms with E-state index in [0.29, 0.717) is 11.3 Å². The molecule has 0 nitrogen and oxygen atoms in total. The topological polar surface area (TPSA) is 0 Å². The first-order chi connectivity index (χ1) is 11.8. The van der Waals surface area contributed by atoms with Crippen molar-refractivity contribution >= 4 is 5.57 Å². The summed E-state index contributed by atoms with van der Waals surface area (Å²) in [6.45, 7) is 2.59. The van der Waals surface area contributed by atoms with Crippen LogP contribution in [0.15, 0.2) is 60.2 Å². The minimum atomic E-state index is 0.640. The summed E-state index contributed by atoms with van der Waals surface area (Å²) in [6.07, 6.45) is 18.3. The Balaban J connectivity index is 1.55. The third-order valence-electron chi connectivity index (χ3n) is 7.69. The molecule has 0 aromatic heterocycles. The number of rotatable bonds is 1. The highest BCUT2D eigenvalue weighted by molar-refractivity contribution is 5.74. The van der Waals surface area contributed by atoms with Crippen molar-refractivity contribution in [3.05, 3.63) is 65.8 Å². The molecule has 5 rings (SSSR count). The van der Waals surface area contributed by atoms with Crippen molar-refractivity contribution in [1.29, 1.82) is 0 Å². The minimum Gasteiger partial charge on any atom is -0.0804 e. The van der Waals surface area contributed by atoms with Gasteiger partial charge in [0.25, 0.3) is 0 Å². The fourth-order valence-electron chi connectivity index (χ4n) is 6.56. The van der Waals surface area contributed by atoms with Crippen molar-refractivity contribution < 1.29 is 0 Å². The maximum Gasteiger partial charge on any atom is 0.0123 e. The van der Waals surface area contributed by atoms with E-state index in [-0.39, 0.29) is 0 Å². The molecule has 0 unspecified atom stereocenters. The van der Waals surface area contributed by atoms with Crippen LogP contribution in [-0.2, 0) is 0 Å². The number of benzene rings is 1. The average molecular weight is 316 g/mol. The van der Waals surface area contributed by atoms with Crippen LogP contribution in [0.2, 0.25) is 0 Å². The molecule has 24 heavy (non-hydrogen) atoms. The van der Waals surface area contributed by atoms with E-state index in [4.69, 9.17) is 0 Å². The Labute approximate surface area is 146 Å². The van der Waals surface area contributed by atoms with Crippen LogP contribution in [0.25, 0.3) is 5.57 Å². The van der Waals surface area contributed by atoms with E-state index >= 15 is 0 Å². The Morgan fingerprint density at radius 2 is 1.88 bits per heavy atom. The zero-order valence-electron chi connectivity index (χ0n) is 14.7. The van der Waals surface area contributed by atoms with E-state index in [1.54, 1.807) is 11.1 Å². The quantitative estimate of drug-likeness (QED) is 0.561. The predicted octanol–water partition coefficient (Wildman–Crippen LogP) is 6.42. The van der Waals surface area contributed by atoms with Gasteiger partial charge >= 0.3 is 0 Å². The highest BCUT2D eigenvalue weighted by atomic mass is 14.6. The molecular formula is C24H28. The zero-order chi connectivity index (χ0) is 16.1. The molecule has 0 bridgehead atoms. The Morgan fingerprint density at radius 1 is 1.00 bits per heavy atom. The molecule has 2 fully saturated rings. The van der Waals surface area contributed by atoms with Gasteiger partial charge in [-0.25, -0.2) is 0 Å². The Morgan fingerprint density at radius 3 is 2.75 bits per heavy atom. The summed E-state index contributed by atoms with van der Waals surface area (Å²) in [7, 11) is 0. The van der Waals surface area contributed by atoms with E-state index < -0.39 is 0 Å². The van der Waals surface area contributed by atoms with Crippen molar-refractivity contribution in [2.24, 2.45) is 29.1 Å². The maximum atomic E-state index is 2.59. The van der Waals surface area contributed by atoms with E-state index in [1.165, 1.54) is 44.1 Å². The second-order valence-corrected chi connectivity index (χ2v) is 8.78. The van der Waals surface area contributed by atoms with Gasteiger partial charge in [-0.05, 0) is 72.0 Å². The minimum absolute atomic E-state index is 0.640. The Kier molecular flexibility index (Phi) is 3.37. The maximum absolute atomic E-state index is 2.59. The lowest BCUT2D eigenvalue weighted by Gasteiger charge is -2.51. The normalized spacial score (nSPS) is 40.2. The summed E-state index contributed by atoms with van der Waals surface area (Å²) in [5.41, 5.74) is 5.24. The van der Waals surface area contributed by atoms with Crippen LogP contribution in [0.4, 0.5) is 0 Å². The van der Waals surface area contributed by atoms with Gasteiger partial charge in [-0.3, -0.25) is 0 Å². The van der Waals surface area contributed by atoms with E-state index in [1.807, 2.05) is 0 Å². The van der Waals surface area contributed by atoms with Gasteiger partial charge in [0.1, 0.15) is 0 Å². The average Bonchev–Trinajstić information content (AvgIpc) is 3.03. The van der Waals surface area contributed by atoms with Gasteiger partial charge in [0.15, 0.2) is 0 Å². The molecule has 0 N–H and O–H groups in total. The van der Waals surface area contributed by atoms with Gasteiger partial charge in [-0.15, -0.1) is 0 Å². The molecule has 124 valence electrons. The molecule has 0 radical (unpaired) electrons. The standard InChI is InChI=1S/C24H28/c1-24-15-6-11-22(24)20-13-12-18-9-5-10-19(17-7-3-2-4-8-17)23(18)21(20)14-16-24/h2-5,7-10,12,20-23H,6,11,13-16H2,1H3/t20-,21+,22+,23-,24+/m1/s1. The van der Waals surface area contributed by atoms with Crippen LogP contribution < -0.4 is 0 Å². The molecule has 0 heteroatoms. The van der Waals surface area contributed by atoms with Gasteiger partial charge in [-0.2, -0.15) is 0 Å². The number of hydrogen-bond donors (Lipinski definition) is 0. The second kappa shape index (κ2) is 5.48. The SMILES string of the molecule is C[C@@]12CCC[C@H]1[C@@H]1CC=C3C=CC=C(c4ccccc4)[C@@H]3[C@H]1CC2. The van der Waals surface area contributed by atoms with Crippen LogP contribution in [0.3, 0.4) is 0 Å². The zero-order valence-corrected chi connectivity index (χ0v) is 14.7. The van der Waals surface area contributed by atoms with Crippen molar-refractivity contribution in [2.75, 3.05) is 0 Å². The van der Waals surface area contributed by atoms with Crippen LogP contribution in [-0.4, -0.2) is 0 Å². The number of fused-ring (bicyclic) bond motifs is 5. The summed E-state index contributed by atoms with van der Waals surface area (Å²) >= 11 is 0. The van der Waals surface area contributed by atoms with Gasteiger partial charge in [0.2, 0.25) is 0 Å². The lowest BCUT2D eigenvalue weighted by molar-refractivity contribution is 0.0263. The van der Waals surface area contributed by atoms with Crippen molar-refractivity contribution in [3.63, 3.8) is 0 Å². The number of allylic oxidation sites excluding steroid dienone is 6. The van der Waals surface area contributed by atoms with E-state index in [2.05, 4.69) is 61.6 Å². The van der Waals surface area contributed by atoms with Gasteiger partial charge in [-0.1, -0.05) is 68.0 Å². The van der Waals surface area contributed by atoms with Crippen LogP contribution >= 0.6 is 0 Å². The smallest absolute Gasteiger partial charge is 0.0123 e. The molecule has 1 aromatic carbocycles. The predicted molar refractivity (Wildman–Crippen MR) is 101 cm³/mol. The van der Waals surface area contributed by atoms with Gasteiger partial charge in [0.05, 0.1) is 0 Å². The second-order valence-electron chi connectivity index (χ2n) is 8.78. The summed E-state index contributed by atoms with van der Waals surface area (Å²) in [5, 5.41) is 0. The first-order valence-electron chi connectivity index (χ1n) is 9.90. The third-order valence-corrected chi connectivity index (χ3v) is 7.69. The largest absolute Gasteiger partial charge is 0.0804 e. The molecule has 0 spiro atoms. The molecule has 4 aliphatic carbocycles. The Hall–Kier alpha value is -1.56. The van der Waals surface area contributed by atoms with Crippen molar-refractivity contribution in [1.82, 2.24) is 0 Å². The van der Waals surface area contributed by atoms with Gasteiger partial charge in [0, 0.05) is 5.92 Å². The van der Waals surface area contributed by atoms with Crippen molar-refractivity contribution in [2.45, 2.75) is 45.4 Å². The number of hydrogen-bond acceptors (Lipinski definition) is 0. The highest BCUT2D eigenvalue weighted by Gasteiger charge is 2.52. The van der Waals surface area contributed by atoms with Crippen LogP contribution in [0.5, 0.6) is 0 Å². The fraction of sp³-hybridized carbons (Fsp3) is 0.500. The monoisotopic (exact) mass is 316 g/mol. The molecule has 0 saturated heterocycles. The summed E-state index contributed by atoms with van der Waals surface area (Å²) in [4.78, 5) is 0. The van der Waals surface area contributed by atoms with E-state index in [0.717, 1.165) is 17.8 Å². The first-order valence-corrected chi connectivity index (χ1v) is 9.90. The molecule has 0 amide bonds. The molecule has 0 aliphatic heterocycles. The molecule has 4 aliphatic rings. The highest BCUT2D eigenvalue weighted by Crippen LogP contribution is 2.61. The molecule has 0 heterocycles. The summed E-state index contributed by atoms with van der Waals surface area (Å²) in [6, 6.07) is 11.1. The van der Waals surface area contributed by atoms with Crippen molar-refractivity contribution in [3.8, 4) is 0 Å². The Bertz CT molecular complexity index is 720. The lowest BCUT2D eigenvalue weighted by Crippen LogP contribution is -2.43. The molecule has 5 atom stereocenters.